The Kier molecular flexibility index (Phi) is 3.67. The van der Waals surface area contributed by atoms with Gasteiger partial charge in [-0.25, -0.2) is 0 Å². The Morgan fingerprint density at radius 2 is 0.956 bits per heavy atom. The van der Waals surface area contributed by atoms with Gasteiger partial charge in [-0.1, -0.05) is 90.9 Å². The van der Waals surface area contributed by atoms with Crippen LogP contribution in [0.4, 0.5) is 0 Å². The Bertz CT molecular complexity index is 3100. The van der Waals surface area contributed by atoms with Crippen LogP contribution in [-0.4, -0.2) is 9.13 Å². The van der Waals surface area contributed by atoms with Gasteiger partial charge >= 0.3 is 0 Å². The molecule has 210 valence electrons. The predicted octanol–water partition coefficient (Wildman–Crippen LogP) is 11.4. The maximum atomic E-state index is 8.89. The molecule has 0 atom stereocenters. The van der Waals surface area contributed by atoms with Crippen molar-refractivity contribution in [3.63, 3.8) is 0 Å². The van der Waals surface area contributed by atoms with Crippen LogP contribution in [0.2, 0.25) is 0 Å². The molecule has 0 aliphatic rings. The quantitative estimate of drug-likeness (QED) is 0.203. The Morgan fingerprint density at radius 1 is 0.400 bits per heavy atom. The number of aromatic nitrogens is 2. The average molecular weight is 583 g/mol. The van der Waals surface area contributed by atoms with Gasteiger partial charge in [-0.2, -0.15) is 0 Å². The van der Waals surface area contributed by atoms with E-state index in [1.165, 1.54) is 15.3 Å². The highest BCUT2D eigenvalue weighted by molar-refractivity contribution is 6.11. The fourth-order valence-electron chi connectivity index (χ4n) is 6.79. The van der Waals surface area contributed by atoms with E-state index in [2.05, 4.69) is 83.4 Å². The molecule has 0 N–H and O–H groups in total. The Labute approximate surface area is 270 Å². The van der Waals surface area contributed by atoms with E-state index in [1.54, 1.807) is 12.1 Å². The van der Waals surface area contributed by atoms with Crippen LogP contribution in [0.15, 0.2) is 162 Å². The largest absolute Gasteiger partial charge is 0.456 e. The first-order valence-electron chi connectivity index (χ1n) is 18.7. The fourth-order valence-corrected chi connectivity index (χ4v) is 6.79. The maximum Gasteiger partial charge on any atom is 0.135 e. The first-order valence-corrected chi connectivity index (χ1v) is 14.7. The molecule has 0 fully saturated rings. The molecule has 3 heteroatoms. The summed E-state index contributed by atoms with van der Waals surface area (Å²) in [7, 11) is 0. The predicted molar refractivity (Wildman–Crippen MR) is 188 cm³/mol. The highest BCUT2D eigenvalue weighted by Gasteiger charge is 2.16. The topological polar surface area (TPSA) is 23.0 Å². The van der Waals surface area contributed by atoms with Gasteiger partial charge in [-0.15, -0.1) is 0 Å². The fraction of sp³-hybridized carbons (Fsp3) is 0. The summed E-state index contributed by atoms with van der Waals surface area (Å²) in [6.07, 6.45) is 0. The van der Waals surface area contributed by atoms with Crippen LogP contribution in [0, 0.1) is 0 Å². The summed E-state index contributed by atoms with van der Waals surface area (Å²) in [5.74, 6) is 0. The van der Waals surface area contributed by atoms with Crippen molar-refractivity contribution in [3.05, 3.63) is 158 Å². The van der Waals surface area contributed by atoms with Gasteiger partial charge in [-0.05, 0) is 77.8 Å². The molecule has 0 saturated carbocycles. The van der Waals surface area contributed by atoms with Crippen LogP contribution in [-0.2, 0) is 0 Å². The highest BCUT2D eigenvalue weighted by Crippen LogP contribution is 2.38. The zero-order valence-corrected chi connectivity index (χ0v) is 23.7. The molecule has 0 bridgehead atoms. The van der Waals surface area contributed by atoms with Gasteiger partial charge in [0.25, 0.3) is 0 Å². The molecule has 10 aromatic rings. The van der Waals surface area contributed by atoms with Crippen molar-refractivity contribution in [2.24, 2.45) is 0 Å². The lowest BCUT2D eigenvalue weighted by Gasteiger charge is -2.10. The molecule has 10 rings (SSSR count). The van der Waals surface area contributed by atoms with Crippen molar-refractivity contribution in [3.8, 4) is 22.5 Å². The van der Waals surface area contributed by atoms with Gasteiger partial charge < -0.3 is 13.6 Å². The number of rotatable bonds is 3. The molecular formula is C42H26N2O. The zero-order chi connectivity index (χ0) is 36.4. The second-order valence-electron chi connectivity index (χ2n) is 11.2. The number of para-hydroxylation sites is 4. The first-order chi connectivity index (χ1) is 25.6. The minimum atomic E-state index is -0.472. The van der Waals surface area contributed by atoms with Crippen molar-refractivity contribution < 1.29 is 15.4 Å². The third-order valence-electron chi connectivity index (χ3n) is 8.76. The van der Waals surface area contributed by atoms with Crippen LogP contribution in [0.3, 0.4) is 0 Å². The van der Waals surface area contributed by atoms with E-state index >= 15 is 0 Å². The second-order valence-corrected chi connectivity index (χ2v) is 11.2. The smallest absolute Gasteiger partial charge is 0.135 e. The van der Waals surface area contributed by atoms with Crippen molar-refractivity contribution >= 4 is 65.6 Å². The van der Waals surface area contributed by atoms with E-state index in [4.69, 9.17) is 15.4 Å². The average Bonchev–Trinajstić information content (AvgIpc) is 3.85. The zero-order valence-electron chi connectivity index (χ0n) is 31.7. The van der Waals surface area contributed by atoms with Gasteiger partial charge in [0, 0.05) is 43.7 Å². The van der Waals surface area contributed by atoms with Crippen LogP contribution in [0.25, 0.3) is 88.1 Å². The summed E-state index contributed by atoms with van der Waals surface area (Å²) < 4.78 is 79.0. The van der Waals surface area contributed by atoms with E-state index in [0.717, 1.165) is 38.6 Å². The lowest BCUT2D eigenvalue weighted by molar-refractivity contribution is 0.669. The lowest BCUT2D eigenvalue weighted by atomic mass is 10.0. The van der Waals surface area contributed by atoms with Gasteiger partial charge in [0.2, 0.25) is 0 Å². The molecular weight excluding hydrogens is 548 g/mol. The Morgan fingerprint density at radius 3 is 1.67 bits per heavy atom. The molecule has 0 saturated heterocycles. The Hall–Kier alpha value is -6.06. The molecule has 0 unspecified atom stereocenters. The van der Waals surface area contributed by atoms with Crippen LogP contribution < -0.4 is 0 Å². The summed E-state index contributed by atoms with van der Waals surface area (Å²) in [6, 6.07) is 33.3. The van der Waals surface area contributed by atoms with Crippen molar-refractivity contribution in [2.45, 2.75) is 0 Å². The van der Waals surface area contributed by atoms with E-state index < -0.39 is 24.2 Å². The highest BCUT2D eigenvalue weighted by atomic mass is 16.3. The molecule has 0 aliphatic heterocycles. The van der Waals surface area contributed by atoms with Crippen molar-refractivity contribution in [2.75, 3.05) is 0 Å². The minimum Gasteiger partial charge on any atom is -0.456 e. The second kappa shape index (κ2) is 9.22. The van der Waals surface area contributed by atoms with Crippen molar-refractivity contribution in [1.82, 2.24) is 9.13 Å². The summed E-state index contributed by atoms with van der Waals surface area (Å²) in [5, 5.41) is 4.02. The number of hydrogen-bond donors (Lipinski definition) is 0. The van der Waals surface area contributed by atoms with Crippen molar-refractivity contribution in [1.29, 1.82) is 0 Å². The van der Waals surface area contributed by atoms with Crippen LogP contribution >= 0.6 is 0 Å². The van der Waals surface area contributed by atoms with Gasteiger partial charge in [0.05, 0.1) is 33.0 Å². The molecule has 7 aromatic carbocycles. The normalized spacial score (nSPS) is 14.5. The minimum absolute atomic E-state index is 0.0422. The lowest BCUT2D eigenvalue weighted by Crippen LogP contribution is -1.94. The molecule has 0 radical (unpaired) electrons. The van der Waals surface area contributed by atoms with Gasteiger partial charge in [0.1, 0.15) is 11.2 Å². The number of hydrogen-bond acceptors (Lipinski definition) is 1. The molecule has 0 spiro atoms. The maximum absolute atomic E-state index is 8.89. The van der Waals surface area contributed by atoms with E-state index in [1.807, 2.05) is 18.2 Å². The summed E-state index contributed by atoms with van der Waals surface area (Å²) in [4.78, 5) is 0. The third kappa shape index (κ3) is 3.52. The molecule has 45 heavy (non-hydrogen) atoms. The summed E-state index contributed by atoms with van der Waals surface area (Å²) in [6.45, 7) is 0. The molecule has 0 aliphatic carbocycles. The molecule has 3 heterocycles. The summed E-state index contributed by atoms with van der Waals surface area (Å²) >= 11 is 0. The number of nitrogens with zero attached hydrogens (tertiary/aromatic N) is 2. The molecule has 3 nitrogen and oxygen atoms in total. The van der Waals surface area contributed by atoms with Gasteiger partial charge in [-0.3, -0.25) is 0 Å². The molecule has 0 amide bonds. The van der Waals surface area contributed by atoms with Crippen LogP contribution in [0.5, 0.6) is 0 Å². The van der Waals surface area contributed by atoms with Crippen LogP contribution in [0.1, 0.15) is 11.0 Å². The van der Waals surface area contributed by atoms with E-state index in [0.29, 0.717) is 16.9 Å². The number of furan rings is 1. The SMILES string of the molecule is [2H]c1c([2H])c([2H])c2c(c1[2H])c1c([2H])c([2H])c([2H])c([2H])c1n2-c1ccc2oc3ccc(-c4cccc(-n5c6ccccc6c6ccccc65)c4)cc3c2c1. The third-order valence-corrected chi connectivity index (χ3v) is 8.76. The first kappa shape index (κ1) is 17.9. The monoisotopic (exact) mass is 582 g/mol. The Balaban J connectivity index is 1.20. The van der Waals surface area contributed by atoms with E-state index in [-0.39, 0.29) is 46.0 Å². The number of fused-ring (bicyclic) bond motifs is 9. The summed E-state index contributed by atoms with van der Waals surface area (Å²) in [5.41, 5.74) is 7.12. The molecule has 3 aromatic heterocycles. The number of benzene rings is 7. The van der Waals surface area contributed by atoms with E-state index in [9.17, 15) is 0 Å². The standard InChI is InChI=1S/C42H26N2O/c1-5-16-37-31(12-1)32-13-2-6-17-38(32)43(37)29-11-9-10-27(24-29)28-20-22-41-35(25-28)36-26-30(21-23-42(36)45-41)44-39-18-7-3-14-33(39)34-15-4-8-19-40(34)44/h1-26H/i3D,4D,7D,8D,14D,15D,18D,19D. The van der Waals surface area contributed by atoms with Gasteiger partial charge in [0.15, 0.2) is 0 Å².